The van der Waals surface area contributed by atoms with Crippen LogP contribution in [0.15, 0.2) is 30.6 Å². The van der Waals surface area contributed by atoms with Gasteiger partial charge in [0.15, 0.2) is 0 Å². The summed E-state index contributed by atoms with van der Waals surface area (Å²) in [6.07, 6.45) is 3.22. The van der Waals surface area contributed by atoms with Crippen molar-refractivity contribution in [1.82, 2.24) is 14.9 Å². The molecule has 2 heterocycles. The Kier molecular flexibility index (Phi) is 4.88. The number of hydrogen-bond acceptors (Lipinski definition) is 5. The van der Waals surface area contributed by atoms with E-state index in [1.807, 2.05) is 24.3 Å². The van der Waals surface area contributed by atoms with Crippen LogP contribution in [0.1, 0.15) is 19.3 Å². The minimum Gasteiger partial charge on any atom is -0.369 e. The van der Waals surface area contributed by atoms with Crippen LogP contribution in [0.4, 0.5) is 5.82 Å². The second kappa shape index (κ2) is 7.25. The van der Waals surface area contributed by atoms with Crippen LogP contribution >= 0.6 is 0 Å². The number of anilines is 1. The minimum atomic E-state index is -0.264. The Balaban J connectivity index is 1.51. The number of rotatable bonds is 5. The molecule has 2 aromatic rings. The lowest BCUT2D eigenvalue weighted by atomic mass is 9.96. The predicted octanol–water partition coefficient (Wildman–Crippen LogP) is 1.16. The highest BCUT2D eigenvalue weighted by Gasteiger charge is 2.25. The summed E-state index contributed by atoms with van der Waals surface area (Å²) in [6, 6.07) is 7.74. The van der Waals surface area contributed by atoms with Crippen molar-refractivity contribution in [1.29, 1.82) is 0 Å². The summed E-state index contributed by atoms with van der Waals surface area (Å²) in [7, 11) is 0. The highest BCUT2D eigenvalue weighted by Crippen LogP contribution is 2.19. The molecule has 0 aliphatic carbocycles. The molecule has 1 aromatic carbocycles. The number of benzene rings is 1. The smallest absolute Gasteiger partial charge is 0.224 e. The zero-order chi connectivity index (χ0) is 16.9. The Morgan fingerprint density at radius 1 is 1.21 bits per heavy atom. The van der Waals surface area contributed by atoms with Gasteiger partial charge < -0.3 is 16.0 Å². The highest BCUT2D eigenvalue weighted by atomic mass is 16.2. The number of carbonyl (C=O) groups excluding carboxylic acids is 2. The number of amides is 2. The van der Waals surface area contributed by atoms with Crippen molar-refractivity contribution in [2.24, 2.45) is 11.7 Å². The molecule has 2 amide bonds. The van der Waals surface area contributed by atoms with Gasteiger partial charge in [0.2, 0.25) is 11.8 Å². The van der Waals surface area contributed by atoms with Crippen molar-refractivity contribution in [3.05, 3.63) is 30.6 Å². The third-order valence-electron chi connectivity index (χ3n) is 4.42. The van der Waals surface area contributed by atoms with E-state index in [0.29, 0.717) is 38.9 Å². The summed E-state index contributed by atoms with van der Waals surface area (Å²) in [5, 5.41) is 4.15. The van der Waals surface area contributed by atoms with Crippen molar-refractivity contribution < 1.29 is 9.59 Å². The average molecular weight is 327 g/mol. The number of primary amides is 1. The first-order chi connectivity index (χ1) is 11.6. The number of piperidine rings is 1. The Labute approximate surface area is 140 Å². The lowest BCUT2D eigenvalue weighted by molar-refractivity contribution is -0.134. The summed E-state index contributed by atoms with van der Waals surface area (Å²) in [5.74, 6) is 0.462. The van der Waals surface area contributed by atoms with Crippen molar-refractivity contribution in [2.75, 3.05) is 25.0 Å². The van der Waals surface area contributed by atoms with E-state index < -0.39 is 0 Å². The predicted molar refractivity (Wildman–Crippen MR) is 91.1 cm³/mol. The van der Waals surface area contributed by atoms with Gasteiger partial charge in [-0.2, -0.15) is 0 Å². The molecule has 0 radical (unpaired) electrons. The largest absolute Gasteiger partial charge is 0.369 e. The molecule has 7 nitrogen and oxygen atoms in total. The number of hydrogen-bond donors (Lipinski definition) is 2. The minimum absolute atomic E-state index is 0.0868. The Morgan fingerprint density at radius 3 is 2.71 bits per heavy atom. The van der Waals surface area contributed by atoms with Crippen LogP contribution in [0.2, 0.25) is 0 Å². The first-order valence-electron chi connectivity index (χ1n) is 8.16. The van der Waals surface area contributed by atoms with Crippen LogP contribution in [0.25, 0.3) is 10.9 Å². The Hall–Kier alpha value is -2.70. The lowest BCUT2D eigenvalue weighted by Gasteiger charge is -2.30. The highest BCUT2D eigenvalue weighted by molar-refractivity contribution is 5.88. The summed E-state index contributed by atoms with van der Waals surface area (Å²) in [4.78, 5) is 33.7. The maximum Gasteiger partial charge on any atom is 0.224 e. The standard InChI is InChI=1S/C17H21N5O2/c18-16(24)12-6-9-22(10-7-12)15(23)5-8-19-17-13-3-1-2-4-14(13)20-11-21-17/h1-4,11-12H,5-10H2,(H2,18,24)(H,19,20,21). The van der Waals surface area contributed by atoms with Crippen molar-refractivity contribution in [2.45, 2.75) is 19.3 Å². The molecule has 0 bridgehead atoms. The molecule has 0 saturated carbocycles. The fraction of sp³-hybridized carbons (Fsp3) is 0.412. The molecule has 7 heteroatoms. The molecule has 1 fully saturated rings. The molecule has 1 saturated heterocycles. The summed E-state index contributed by atoms with van der Waals surface area (Å²) in [5.41, 5.74) is 6.18. The third kappa shape index (κ3) is 3.61. The fourth-order valence-corrected chi connectivity index (χ4v) is 3.01. The molecular formula is C17H21N5O2. The summed E-state index contributed by atoms with van der Waals surface area (Å²) >= 11 is 0. The van der Waals surface area contributed by atoms with E-state index in [4.69, 9.17) is 5.73 Å². The van der Waals surface area contributed by atoms with Gasteiger partial charge in [0.1, 0.15) is 12.1 Å². The molecule has 0 atom stereocenters. The molecule has 24 heavy (non-hydrogen) atoms. The molecule has 1 aromatic heterocycles. The van der Waals surface area contributed by atoms with Crippen molar-refractivity contribution >= 4 is 28.5 Å². The van der Waals surface area contributed by atoms with Crippen LogP contribution in [0.5, 0.6) is 0 Å². The van der Waals surface area contributed by atoms with E-state index in [9.17, 15) is 9.59 Å². The van der Waals surface area contributed by atoms with E-state index in [0.717, 1.165) is 16.7 Å². The van der Waals surface area contributed by atoms with Gasteiger partial charge >= 0.3 is 0 Å². The van der Waals surface area contributed by atoms with Gasteiger partial charge in [-0.15, -0.1) is 0 Å². The third-order valence-corrected chi connectivity index (χ3v) is 4.42. The maximum absolute atomic E-state index is 12.3. The Morgan fingerprint density at radius 2 is 1.96 bits per heavy atom. The maximum atomic E-state index is 12.3. The van der Waals surface area contributed by atoms with Crippen molar-refractivity contribution in [3.63, 3.8) is 0 Å². The normalized spacial score (nSPS) is 15.4. The van der Waals surface area contributed by atoms with Crippen LogP contribution < -0.4 is 11.1 Å². The first-order valence-corrected chi connectivity index (χ1v) is 8.16. The van der Waals surface area contributed by atoms with E-state index in [1.54, 1.807) is 4.90 Å². The van der Waals surface area contributed by atoms with Gasteiger partial charge in [0, 0.05) is 37.4 Å². The molecule has 0 unspecified atom stereocenters. The molecule has 3 N–H and O–H groups in total. The summed E-state index contributed by atoms with van der Waals surface area (Å²) < 4.78 is 0. The number of fused-ring (bicyclic) bond motifs is 1. The molecular weight excluding hydrogens is 306 g/mol. The average Bonchev–Trinajstić information content (AvgIpc) is 2.62. The Bertz CT molecular complexity index is 735. The fourth-order valence-electron chi connectivity index (χ4n) is 3.01. The van der Waals surface area contributed by atoms with E-state index in [1.165, 1.54) is 6.33 Å². The molecule has 3 rings (SSSR count). The number of nitrogens with zero attached hydrogens (tertiary/aromatic N) is 3. The number of carbonyl (C=O) groups is 2. The van der Waals surface area contributed by atoms with Crippen LogP contribution in [-0.2, 0) is 9.59 Å². The van der Waals surface area contributed by atoms with Gasteiger partial charge in [0.25, 0.3) is 0 Å². The van der Waals surface area contributed by atoms with Crippen LogP contribution in [0, 0.1) is 5.92 Å². The SMILES string of the molecule is NC(=O)C1CCN(C(=O)CCNc2ncnc3ccccc23)CC1. The van der Waals surface area contributed by atoms with Gasteiger partial charge in [-0.25, -0.2) is 9.97 Å². The monoisotopic (exact) mass is 327 g/mol. The molecule has 126 valence electrons. The van der Waals surface area contributed by atoms with Gasteiger partial charge in [0.05, 0.1) is 5.52 Å². The number of nitrogens with one attached hydrogen (secondary N) is 1. The van der Waals surface area contributed by atoms with Gasteiger partial charge in [-0.1, -0.05) is 12.1 Å². The zero-order valence-corrected chi connectivity index (χ0v) is 13.4. The lowest BCUT2D eigenvalue weighted by Crippen LogP contribution is -2.42. The molecule has 0 spiro atoms. The number of likely N-dealkylation sites (tertiary alicyclic amines) is 1. The molecule has 1 aliphatic heterocycles. The van der Waals surface area contributed by atoms with Crippen molar-refractivity contribution in [3.8, 4) is 0 Å². The topological polar surface area (TPSA) is 101 Å². The quantitative estimate of drug-likeness (QED) is 0.858. The van der Waals surface area contributed by atoms with E-state index >= 15 is 0 Å². The zero-order valence-electron chi connectivity index (χ0n) is 13.4. The number of para-hydroxylation sites is 1. The number of aromatic nitrogens is 2. The second-order valence-electron chi connectivity index (χ2n) is 5.97. The van der Waals surface area contributed by atoms with E-state index in [2.05, 4.69) is 15.3 Å². The summed E-state index contributed by atoms with van der Waals surface area (Å²) in [6.45, 7) is 1.71. The van der Waals surface area contributed by atoms with Gasteiger partial charge in [-0.05, 0) is 25.0 Å². The van der Waals surface area contributed by atoms with E-state index in [-0.39, 0.29) is 17.7 Å². The van der Waals surface area contributed by atoms with Crippen LogP contribution in [0.3, 0.4) is 0 Å². The molecule has 1 aliphatic rings. The number of nitrogens with two attached hydrogens (primary N) is 1. The first kappa shape index (κ1) is 16.2. The van der Waals surface area contributed by atoms with Gasteiger partial charge in [-0.3, -0.25) is 9.59 Å². The second-order valence-corrected chi connectivity index (χ2v) is 5.97. The van der Waals surface area contributed by atoms with Crippen LogP contribution in [-0.4, -0.2) is 46.3 Å².